The fourth-order valence-electron chi connectivity index (χ4n) is 2.07. The third-order valence-electron chi connectivity index (χ3n) is 2.76. The van der Waals surface area contributed by atoms with Crippen LogP contribution in [0.15, 0.2) is 22.7 Å². The van der Waals surface area contributed by atoms with Crippen molar-refractivity contribution in [1.29, 1.82) is 0 Å². The Morgan fingerprint density at radius 2 is 2.19 bits per heavy atom. The molecule has 0 spiro atoms. The van der Waals surface area contributed by atoms with Crippen LogP contribution in [-0.2, 0) is 16.0 Å². The molecule has 0 N–H and O–H groups in total. The van der Waals surface area contributed by atoms with E-state index in [1.54, 1.807) is 0 Å². The molecule has 0 atom stereocenters. The zero-order chi connectivity index (χ0) is 11.1. The van der Waals surface area contributed by atoms with Crippen LogP contribution in [0.25, 0.3) is 5.76 Å². The van der Waals surface area contributed by atoms with Crippen LogP contribution in [-0.4, -0.2) is 12.6 Å². The number of carbonyl (C=O) groups excluding carboxylic acids is 1. The maximum absolute atomic E-state index is 11.3. The van der Waals surface area contributed by atoms with Crippen LogP contribution >= 0.6 is 15.9 Å². The number of hydrogen-bond acceptors (Lipinski definition) is 3. The van der Waals surface area contributed by atoms with Gasteiger partial charge in [-0.15, -0.1) is 0 Å². The van der Waals surface area contributed by atoms with Gasteiger partial charge in [-0.05, 0) is 36.6 Å². The second-order valence-electron chi connectivity index (χ2n) is 3.77. The summed E-state index contributed by atoms with van der Waals surface area (Å²) in [5, 5.41) is 0. The Labute approximate surface area is 101 Å². The Morgan fingerprint density at radius 1 is 1.31 bits per heavy atom. The van der Waals surface area contributed by atoms with Crippen molar-refractivity contribution in [2.75, 3.05) is 6.61 Å². The van der Waals surface area contributed by atoms with E-state index in [4.69, 9.17) is 9.47 Å². The summed E-state index contributed by atoms with van der Waals surface area (Å²) in [4.78, 5) is 11.3. The van der Waals surface area contributed by atoms with Gasteiger partial charge in [0.25, 0.3) is 0 Å². The second-order valence-corrected chi connectivity index (χ2v) is 4.62. The first-order chi connectivity index (χ1) is 7.75. The van der Waals surface area contributed by atoms with E-state index >= 15 is 0 Å². The number of ether oxygens (including phenoxy) is 2. The number of hydrogen-bond donors (Lipinski definition) is 0. The average molecular weight is 281 g/mol. The summed E-state index contributed by atoms with van der Waals surface area (Å²) in [6.45, 7) is -0.0224. The van der Waals surface area contributed by atoms with Crippen LogP contribution in [0.2, 0.25) is 0 Å². The van der Waals surface area contributed by atoms with Crippen molar-refractivity contribution in [2.24, 2.45) is 0 Å². The molecule has 1 aromatic rings. The molecule has 16 heavy (non-hydrogen) atoms. The van der Waals surface area contributed by atoms with Crippen molar-refractivity contribution in [3.63, 3.8) is 0 Å². The van der Waals surface area contributed by atoms with Gasteiger partial charge in [0.2, 0.25) is 0 Å². The standard InChI is InChI=1S/C12H9BrO3/c13-8-4-5-9-12-7(8)2-1-3-10(12)16-11(14)6-15-9/h3-5H,1-2,6H2. The summed E-state index contributed by atoms with van der Waals surface area (Å²) in [5.74, 6) is 1.03. The van der Waals surface area contributed by atoms with Crippen LogP contribution < -0.4 is 4.74 Å². The molecule has 1 aliphatic heterocycles. The minimum Gasteiger partial charge on any atom is -0.481 e. The fourth-order valence-corrected chi connectivity index (χ4v) is 2.60. The minimum absolute atomic E-state index is 0.0224. The van der Waals surface area contributed by atoms with Gasteiger partial charge in [0, 0.05) is 4.47 Å². The number of allylic oxidation sites excluding steroid dienone is 1. The molecule has 0 radical (unpaired) electrons. The summed E-state index contributed by atoms with van der Waals surface area (Å²) in [6, 6.07) is 3.82. The Balaban J connectivity index is 2.24. The highest BCUT2D eigenvalue weighted by Crippen LogP contribution is 2.40. The lowest BCUT2D eigenvalue weighted by atomic mass is 9.95. The first-order valence-corrected chi connectivity index (χ1v) is 5.90. The van der Waals surface area contributed by atoms with Crippen LogP contribution in [0, 0.1) is 0 Å². The van der Waals surface area contributed by atoms with E-state index < -0.39 is 0 Å². The third kappa shape index (κ3) is 1.45. The largest absolute Gasteiger partial charge is 0.481 e. The van der Waals surface area contributed by atoms with Crippen molar-refractivity contribution < 1.29 is 14.3 Å². The Kier molecular flexibility index (Phi) is 2.24. The topological polar surface area (TPSA) is 35.5 Å². The van der Waals surface area contributed by atoms with Gasteiger partial charge in [0.05, 0.1) is 5.56 Å². The van der Waals surface area contributed by atoms with Crippen molar-refractivity contribution >= 4 is 27.7 Å². The summed E-state index contributed by atoms with van der Waals surface area (Å²) >= 11 is 3.51. The third-order valence-corrected chi connectivity index (χ3v) is 3.50. The first kappa shape index (κ1) is 9.90. The lowest BCUT2D eigenvalue weighted by Crippen LogP contribution is -2.10. The van der Waals surface area contributed by atoms with Gasteiger partial charge in [-0.25, -0.2) is 4.79 Å². The molecule has 1 aliphatic carbocycles. The summed E-state index contributed by atoms with van der Waals surface area (Å²) in [7, 11) is 0. The lowest BCUT2D eigenvalue weighted by molar-refractivity contribution is -0.138. The summed E-state index contributed by atoms with van der Waals surface area (Å²) in [5.41, 5.74) is 2.08. The van der Waals surface area contributed by atoms with Gasteiger partial charge in [0.1, 0.15) is 11.5 Å². The molecule has 3 nitrogen and oxygen atoms in total. The van der Waals surface area contributed by atoms with Crippen molar-refractivity contribution in [3.8, 4) is 5.75 Å². The second kappa shape index (κ2) is 3.63. The monoisotopic (exact) mass is 280 g/mol. The maximum Gasteiger partial charge on any atom is 0.349 e. The Morgan fingerprint density at radius 3 is 3.06 bits per heavy atom. The van der Waals surface area contributed by atoms with Crippen molar-refractivity contribution in [3.05, 3.63) is 33.8 Å². The molecule has 3 rings (SSSR count). The molecule has 82 valence electrons. The van der Waals surface area contributed by atoms with Gasteiger partial charge >= 0.3 is 5.97 Å². The number of esters is 1. The smallest absolute Gasteiger partial charge is 0.349 e. The van der Waals surface area contributed by atoms with Crippen LogP contribution in [0.4, 0.5) is 0 Å². The molecule has 0 saturated heterocycles. The molecule has 0 bridgehead atoms. The van der Waals surface area contributed by atoms with Crippen LogP contribution in [0.5, 0.6) is 5.75 Å². The molecule has 4 heteroatoms. The zero-order valence-corrected chi connectivity index (χ0v) is 10.0. The van der Waals surface area contributed by atoms with Crippen molar-refractivity contribution in [1.82, 2.24) is 0 Å². The maximum atomic E-state index is 11.3. The highest BCUT2D eigenvalue weighted by atomic mass is 79.9. The molecular weight excluding hydrogens is 272 g/mol. The van der Waals surface area contributed by atoms with Crippen LogP contribution in [0.1, 0.15) is 17.5 Å². The number of benzene rings is 1. The predicted molar refractivity (Wildman–Crippen MR) is 62.0 cm³/mol. The summed E-state index contributed by atoms with van der Waals surface area (Å²) in [6.07, 6.45) is 3.77. The van der Waals surface area contributed by atoms with Crippen molar-refractivity contribution in [2.45, 2.75) is 12.8 Å². The number of carbonyl (C=O) groups is 1. The first-order valence-electron chi connectivity index (χ1n) is 5.11. The Hall–Kier alpha value is -1.29. The molecule has 0 fully saturated rings. The molecule has 0 saturated carbocycles. The number of halogens is 1. The zero-order valence-electron chi connectivity index (χ0n) is 8.46. The fraction of sp³-hybridized carbons (Fsp3) is 0.250. The van der Waals surface area contributed by atoms with Gasteiger partial charge in [-0.3, -0.25) is 0 Å². The molecule has 0 unspecified atom stereocenters. The summed E-state index contributed by atoms with van der Waals surface area (Å²) < 4.78 is 11.7. The molecule has 1 heterocycles. The van der Waals surface area contributed by atoms with E-state index in [0.717, 1.165) is 34.2 Å². The molecule has 1 aromatic carbocycles. The van der Waals surface area contributed by atoms with Gasteiger partial charge in [0.15, 0.2) is 6.61 Å². The minimum atomic E-state index is -0.341. The van der Waals surface area contributed by atoms with E-state index in [1.807, 2.05) is 18.2 Å². The highest BCUT2D eigenvalue weighted by Gasteiger charge is 2.26. The van der Waals surface area contributed by atoms with E-state index in [0.29, 0.717) is 5.76 Å². The van der Waals surface area contributed by atoms with Crippen LogP contribution in [0.3, 0.4) is 0 Å². The normalized spacial score (nSPS) is 17.8. The molecule has 0 aromatic heterocycles. The SMILES string of the molecule is O=C1COc2ccc(Br)c3c2C(=CCC3)O1. The number of rotatable bonds is 0. The van der Waals surface area contributed by atoms with E-state index in [2.05, 4.69) is 15.9 Å². The van der Waals surface area contributed by atoms with Gasteiger partial charge in [-0.2, -0.15) is 0 Å². The van der Waals surface area contributed by atoms with Gasteiger partial charge < -0.3 is 9.47 Å². The molecule has 2 aliphatic rings. The molecular formula is C12H9BrO3. The highest BCUT2D eigenvalue weighted by molar-refractivity contribution is 9.10. The van der Waals surface area contributed by atoms with E-state index in [-0.39, 0.29) is 12.6 Å². The Bertz CT molecular complexity index is 505. The van der Waals surface area contributed by atoms with E-state index in [9.17, 15) is 4.79 Å². The quantitative estimate of drug-likeness (QED) is 0.686. The predicted octanol–water partition coefficient (Wildman–Crippen LogP) is 2.67. The molecule has 0 amide bonds. The van der Waals surface area contributed by atoms with Gasteiger partial charge in [-0.1, -0.05) is 15.9 Å². The lowest BCUT2D eigenvalue weighted by Gasteiger charge is -2.18. The average Bonchev–Trinajstić information content (AvgIpc) is 2.44. The van der Waals surface area contributed by atoms with E-state index in [1.165, 1.54) is 0 Å².